The molecule has 1 heterocycles. The highest BCUT2D eigenvalue weighted by molar-refractivity contribution is 6.20. The highest BCUT2D eigenvalue weighted by Crippen LogP contribution is 2.27. The molecule has 0 aliphatic rings. The number of imidazole rings is 1. The molecule has 2 nitrogen and oxygen atoms in total. The van der Waals surface area contributed by atoms with E-state index in [-0.39, 0.29) is 6.42 Å². The van der Waals surface area contributed by atoms with E-state index in [9.17, 15) is 17.6 Å². The van der Waals surface area contributed by atoms with Gasteiger partial charge in [0.2, 0.25) is 0 Å². The van der Waals surface area contributed by atoms with Crippen LogP contribution in [0.4, 0.5) is 17.6 Å². The standard InChI is InChI=1S/C14H15ClF4N2/c1-9(15)13-20-11-8-10(16)4-5-12(11)21(13)7-3-2-6-14(17,18)19/h4-5,8-9H,2-3,6-7H2,1H3. The first-order valence-electron chi connectivity index (χ1n) is 6.64. The van der Waals surface area contributed by atoms with Crippen LogP contribution in [0.2, 0.25) is 0 Å². The van der Waals surface area contributed by atoms with E-state index in [0.29, 0.717) is 29.8 Å². The molecule has 21 heavy (non-hydrogen) atoms. The van der Waals surface area contributed by atoms with Crippen LogP contribution >= 0.6 is 11.6 Å². The number of hydrogen-bond donors (Lipinski definition) is 0. The molecule has 1 aromatic carbocycles. The number of alkyl halides is 4. The van der Waals surface area contributed by atoms with Crippen molar-refractivity contribution in [2.45, 2.75) is 44.3 Å². The summed E-state index contributed by atoms with van der Waals surface area (Å²) in [6.45, 7) is 2.11. The van der Waals surface area contributed by atoms with Crippen LogP contribution < -0.4 is 0 Å². The van der Waals surface area contributed by atoms with Gasteiger partial charge in [0.25, 0.3) is 0 Å². The first-order chi connectivity index (χ1) is 9.78. The first-order valence-corrected chi connectivity index (χ1v) is 7.08. The lowest BCUT2D eigenvalue weighted by Gasteiger charge is -2.11. The van der Waals surface area contributed by atoms with Gasteiger partial charge in [0.15, 0.2) is 0 Å². The average molecular weight is 323 g/mol. The van der Waals surface area contributed by atoms with Gasteiger partial charge in [-0.25, -0.2) is 9.37 Å². The van der Waals surface area contributed by atoms with Crippen LogP contribution in [0, 0.1) is 5.82 Å². The summed E-state index contributed by atoms with van der Waals surface area (Å²) in [5.41, 5.74) is 1.15. The minimum absolute atomic E-state index is 0.0421. The Morgan fingerprint density at radius 2 is 2.00 bits per heavy atom. The molecule has 0 amide bonds. The second-order valence-corrected chi connectivity index (χ2v) is 5.60. The fourth-order valence-electron chi connectivity index (χ4n) is 2.26. The van der Waals surface area contributed by atoms with Crippen molar-refractivity contribution in [1.29, 1.82) is 0 Å². The Morgan fingerprint density at radius 3 is 2.62 bits per heavy atom. The van der Waals surface area contributed by atoms with Gasteiger partial charge < -0.3 is 4.57 Å². The van der Waals surface area contributed by atoms with Crippen LogP contribution in [0.3, 0.4) is 0 Å². The summed E-state index contributed by atoms with van der Waals surface area (Å²) in [7, 11) is 0. The molecule has 7 heteroatoms. The van der Waals surface area contributed by atoms with Crippen LogP contribution in [0.15, 0.2) is 18.2 Å². The Bertz CT molecular complexity index is 619. The summed E-state index contributed by atoms with van der Waals surface area (Å²) in [5.74, 6) is 0.141. The molecule has 116 valence electrons. The third kappa shape index (κ3) is 4.09. The molecular formula is C14H15ClF4N2. The highest BCUT2D eigenvalue weighted by atomic mass is 35.5. The SMILES string of the molecule is CC(Cl)c1nc2cc(F)ccc2n1CCCCC(F)(F)F. The lowest BCUT2D eigenvalue weighted by Crippen LogP contribution is -2.09. The molecule has 0 fully saturated rings. The predicted molar refractivity (Wildman–Crippen MR) is 73.9 cm³/mol. The number of hydrogen-bond acceptors (Lipinski definition) is 1. The largest absolute Gasteiger partial charge is 0.389 e. The molecule has 1 aromatic heterocycles. The normalized spacial score (nSPS) is 13.8. The van der Waals surface area contributed by atoms with Crippen molar-refractivity contribution in [3.63, 3.8) is 0 Å². The van der Waals surface area contributed by atoms with Gasteiger partial charge in [0.1, 0.15) is 11.6 Å². The summed E-state index contributed by atoms with van der Waals surface area (Å²) in [6.07, 6.45) is -4.54. The Hall–Kier alpha value is -1.30. The van der Waals surface area contributed by atoms with Crippen LogP contribution in [-0.4, -0.2) is 15.7 Å². The van der Waals surface area contributed by atoms with Crippen molar-refractivity contribution in [1.82, 2.24) is 9.55 Å². The number of halogens is 5. The second-order valence-electron chi connectivity index (χ2n) is 4.94. The lowest BCUT2D eigenvalue weighted by atomic mass is 10.2. The molecule has 0 spiro atoms. The average Bonchev–Trinajstić information content (AvgIpc) is 2.71. The number of aromatic nitrogens is 2. The molecule has 1 unspecified atom stereocenters. The van der Waals surface area contributed by atoms with Gasteiger partial charge in [-0.15, -0.1) is 11.6 Å². The van der Waals surface area contributed by atoms with Crippen LogP contribution in [0.1, 0.15) is 37.4 Å². The summed E-state index contributed by atoms with van der Waals surface area (Å²) in [5, 5.41) is -0.400. The molecule has 0 saturated heterocycles. The minimum atomic E-state index is -4.14. The number of unbranched alkanes of at least 4 members (excludes halogenated alkanes) is 1. The Kier molecular flexibility index (Phi) is 4.76. The zero-order valence-electron chi connectivity index (χ0n) is 11.4. The fourth-order valence-corrected chi connectivity index (χ4v) is 2.42. The summed E-state index contributed by atoms with van der Waals surface area (Å²) < 4.78 is 51.4. The summed E-state index contributed by atoms with van der Waals surface area (Å²) in [4.78, 5) is 4.27. The number of fused-ring (bicyclic) bond motifs is 1. The molecule has 2 aromatic rings. The van der Waals surface area contributed by atoms with Crippen molar-refractivity contribution >= 4 is 22.6 Å². The van der Waals surface area contributed by atoms with Crippen LogP contribution in [-0.2, 0) is 6.54 Å². The third-order valence-corrected chi connectivity index (χ3v) is 3.38. The van der Waals surface area contributed by atoms with Gasteiger partial charge in [-0.2, -0.15) is 13.2 Å². The van der Waals surface area contributed by atoms with Gasteiger partial charge >= 0.3 is 6.18 Å². The Labute approximate surface area is 124 Å². The van der Waals surface area contributed by atoms with E-state index in [1.165, 1.54) is 12.1 Å². The minimum Gasteiger partial charge on any atom is -0.327 e. The maximum atomic E-state index is 13.2. The molecule has 0 saturated carbocycles. The van der Waals surface area contributed by atoms with Crippen molar-refractivity contribution in [2.24, 2.45) is 0 Å². The van der Waals surface area contributed by atoms with E-state index in [1.54, 1.807) is 17.6 Å². The molecule has 0 N–H and O–H groups in total. The molecule has 1 atom stereocenters. The third-order valence-electron chi connectivity index (χ3n) is 3.19. The summed E-state index contributed by atoms with van der Waals surface area (Å²) in [6, 6.07) is 4.17. The lowest BCUT2D eigenvalue weighted by molar-refractivity contribution is -0.135. The van der Waals surface area contributed by atoms with Crippen molar-refractivity contribution in [3.8, 4) is 0 Å². The maximum absolute atomic E-state index is 13.2. The highest BCUT2D eigenvalue weighted by Gasteiger charge is 2.26. The van der Waals surface area contributed by atoms with Crippen molar-refractivity contribution in [3.05, 3.63) is 29.8 Å². The molecular weight excluding hydrogens is 308 g/mol. The van der Waals surface area contributed by atoms with E-state index >= 15 is 0 Å². The molecule has 0 aliphatic carbocycles. The van der Waals surface area contributed by atoms with E-state index in [1.807, 2.05) is 0 Å². The van der Waals surface area contributed by atoms with Gasteiger partial charge in [-0.1, -0.05) is 0 Å². The van der Waals surface area contributed by atoms with E-state index < -0.39 is 23.8 Å². The van der Waals surface area contributed by atoms with Crippen molar-refractivity contribution in [2.75, 3.05) is 0 Å². The predicted octanol–water partition coefficient (Wildman–Crippen LogP) is 5.21. The van der Waals surface area contributed by atoms with Crippen LogP contribution in [0.25, 0.3) is 11.0 Å². The van der Waals surface area contributed by atoms with E-state index in [4.69, 9.17) is 11.6 Å². The number of nitrogens with zero attached hydrogens (tertiary/aromatic N) is 2. The van der Waals surface area contributed by atoms with Crippen LogP contribution in [0.5, 0.6) is 0 Å². The van der Waals surface area contributed by atoms with Gasteiger partial charge in [-0.3, -0.25) is 0 Å². The Morgan fingerprint density at radius 1 is 1.29 bits per heavy atom. The molecule has 2 rings (SSSR count). The first kappa shape index (κ1) is 16.1. The Balaban J connectivity index is 2.19. The maximum Gasteiger partial charge on any atom is 0.389 e. The van der Waals surface area contributed by atoms with Gasteiger partial charge in [-0.05, 0) is 31.9 Å². The number of rotatable bonds is 5. The quantitative estimate of drug-likeness (QED) is 0.420. The number of benzene rings is 1. The fraction of sp³-hybridized carbons (Fsp3) is 0.500. The monoisotopic (exact) mass is 322 g/mol. The molecule has 0 bridgehead atoms. The van der Waals surface area contributed by atoms with Gasteiger partial charge in [0.05, 0.1) is 16.4 Å². The number of aryl methyl sites for hydroxylation is 1. The van der Waals surface area contributed by atoms with E-state index in [2.05, 4.69) is 4.98 Å². The zero-order valence-corrected chi connectivity index (χ0v) is 12.2. The smallest absolute Gasteiger partial charge is 0.327 e. The molecule has 0 aliphatic heterocycles. The molecule has 0 radical (unpaired) electrons. The topological polar surface area (TPSA) is 17.8 Å². The van der Waals surface area contributed by atoms with Gasteiger partial charge in [0, 0.05) is 19.0 Å². The van der Waals surface area contributed by atoms with E-state index in [0.717, 1.165) is 0 Å². The zero-order chi connectivity index (χ0) is 15.6. The second kappa shape index (κ2) is 6.22. The van der Waals surface area contributed by atoms with Crippen molar-refractivity contribution < 1.29 is 17.6 Å². The summed E-state index contributed by atoms with van der Waals surface area (Å²) >= 11 is 6.05.